The van der Waals surface area contributed by atoms with Crippen molar-refractivity contribution >= 4 is 23.6 Å². The van der Waals surface area contributed by atoms with Crippen LogP contribution < -0.4 is 9.47 Å². The molecule has 7 heteroatoms. The zero-order valence-corrected chi connectivity index (χ0v) is 18.4. The minimum absolute atomic E-state index is 0.0682. The number of ether oxygens (including phenoxy) is 3. The van der Waals surface area contributed by atoms with Crippen LogP contribution in [-0.2, 0) is 9.53 Å². The van der Waals surface area contributed by atoms with Gasteiger partial charge in [0, 0.05) is 17.4 Å². The van der Waals surface area contributed by atoms with Crippen LogP contribution in [0.1, 0.15) is 44.5 Å². The fraction of sp³-hybridized carbons (Fsp3) is 0.619. The van der Waals surface area contributed by atoms with Crippen LogP contribution in [0, 0.1) is 11.8 Å². The summed E-state index contributed by atoms with van der Waals surface area (Å²) in [5.41, 5.74) is 0.439. The highest BCUT2D eigenvalue weighted by atomic mass is 32.2. The average molecular weight is 410 g/mol. The molecule has 2 atom stereocenters. The van der Waals surface area contributed by atoms with Gasteiger partial charge in [-0.3, -0.25) is 4.79 Å². The van der Waals surface area contributed by atoms with Gasteiger partial charge in [-0.1, -0.05) is 27.7 Å². The number of rotatable bonds is 8. The van der Waals surface area contributed by atoms with Gasteiger partial charge < -0.3 is 19.1 Å². The average Bonchev–Trinajstić information content (AvgIpc) is 3.07. The van der Waals surface area contributed by atoms with Gasteiger partial charge in [-0.05, 0) is 30.4 Å². The van der Waals surface area contributed by atoms with Crippen molar-refractivity contribution in [2.75, 3.05) is 26.6 Å². The summed E-state index contributed by atoms with van der Waals surface area (Å²) in [7, 11) is 3.09. The number of methoxy groups -OCH3 is 2. The Morgan fingerprint density at radius 2 is 1.68 bits per heavy atom. The van der Waals surface area contributed by atoms with E-state index in [0.717, 1.165) is 6.42 Å². The Morgan fingerprint density at radius 1 is 1.07 bits per heavy atom. The topological polar surface area (TPSA) is 65.1 Å². The molecule has 2 rings (SSSR count). The number of thioether (sulfide) groups is 1. The molecular weight excluding hydrogens is 378 g/mol. The summed E-state index contributed by atoms with van der Waals surface area (Å²) in [6.45, 7) is 8.56. The van der Waals surface area contributed by atoms with E-state index in [1.165, 1.54) is 0 Å². The lowest BCUT2D eigenvalue weighted by Gasteiger charge is -2.29. The van der Waals surface area contributed by atoms with Crippen molar-refractivity contribution in [3.8, 4) is 11.5 Å². The molecule has 0 saturated carbocycles. The van der Waals surface area contributed by atoms with Crippen molar-refractivity contribution in [1.29, 1.82) is 0 Å². The van der Waals surface area contributed by atoms with Gasteiger partial charge >= 0.3 is 5.97 Å². The summed E-state index contributed by atoms with van der Waals surface area (Å²) < 4.78 is 16.0. The van der Waals surface area contributed by atoms with Gasteiger partial charge in [-0.2, -0.15) is 0 Å². The summed E-state index contributed by atoms with van der Waals surface area (Å²) >= 11 is 1.63. The zero-order chi connectivity index (χ0) is 20.8. The standard InChI is InChI=1S/C21H31NO5S/c1-13(2)7-19-22(18(12-28-19)21(24)27-11-14(3)4)20(23)15-8-16(25-5)10-17(9-15)26-6/h8-10,13-14,18-19H,7,11-12H2,1-6H3. The molecule has 1 amide bonds. The predicted molar refractivity (Wildman–Crippen MR) is 111 cm³/mol. The molecule has 6 nitrogen and oxygen atoms in total. The van der Waals surface area contributed by atoms with Crippen molar-refractivity contribution < 1.29 is 23.8 Å². The number of amides is 1. The van der Waals surface area contributed by atoms with E-state index >= 15 is 0 Å². The first kappa shape index (κ1) is 22.4. The number of carbonyl (C=O) groups excluding carboxylic acids is 2. The van der Waals surface area contributed by atoms with Gasteiger partial charge in [-0.15, -0.1) is 11.8 Å². The van der Waals surface area contributed by atoms with Crippen molar-refractivity contribution in [2.45, 2.75) is 45.5 Å². The van der Waals surface area contributed by atoms with E-state index in [-0.39, 0.29) is 23.2 Å². The Balaban J connectivity index is 2.33. The van der Waals surface area contributed by atoms with E-state index in [0.29, 0.717) is 35.3 Å². The lowest BCUT2D eigenvalue weighted by atomic mass is 10.1. The summed E-state index contributed by atoms with van der Waals surface area (Å²) in [6.07, 6.45) is 0.811. The quantitative estimate of drug-likeness (QED) is 0.608. The van der Waals surface area contributed by atoms with Crippen LogP contribution in [-0.4, -0.2) is 54.8 Å². The van der Waals surface area contributed by atoms with E-state index in [1.54, 1.807) is 49.1 Å². The molecule has 1 aromatic carbocycles. The van der Waals surface area contributed by atoms with Crippen LogP contribution in [0.5, 0.6) is 11.5 Å². The predicted octanol–water partition coefficient (Wildman–Crippen LogP) is 3.83. The Labute approximate surface area is 171 Å². The Hall–Kier alpha value is -1.89. The van der Waals surface area contributed by atoms with E-state index < -0.39 is 6.04 Å². The second kappa shape index (κ2) is 10.0. The van der Waals surface area contributed by atoms with Gasteiger partial charge in [0.1, 0.15) is 17.5 Å². The highest BCUT2D eigenvalue weighted by molar-refractivity contribution is 8.00. The van der Waals surface area contributed by atoms with Gasteiger partial charge in [0.2, 0.25) is 0 Å². The molecule has 0 aliphatic carbocycles. The first-order valence-electron chi connectivity index (χ1n) is 9.60. The molecule has 1 heterocycles. The second-order valence-corrected chi connectivity index (χ2v) is 8.98. The summed E-state index contributed by atoms with van der Waals surface area (Å²) in [6, 6.07) is 4.49. The smallest absolute Gasteiger partial charge is 0.329 e. The van der Waals surface area contributed by atoms with Crippen LogP contribution in [0.4, 0.5) is 0 Å². The molecule has 1 fully saturated rings. The van der Waals surface area contributed by atoms with Gasteiger partial charge in [-0.25, -0.2) is 4.79 Å². The molecule has 1 aliphatic heterocycles. The molecule has 1 aromatic rings. The Morgan fingerprint density at radius 3 is 2.18 bits per heavy atom. The van der Waals surface area contributed by atoms with Crippen molar-refractivity contribution in [1.82, 2.24) is 4.90 Å². The third-order valence-electron chi connectivity index (χ3n) is 4.43. The van der Waals surface area contributed by atoms with Crippen LogP contribution >= 0.6 is 11.8 Å². The van der Waals surface area contributed by atoms with Crippen molar-refractivity contribution in [3.05, 3.63) is 23.8 Å². The summed E-state index contributed by atoms with van der Waals surface area (Å²) in [5, 5.41) is -0.0682. The molecule has 1 aliphatic rings. The third kappa shape index (κ3) is 5.56. The third-order valence-corrected chi connectivity index (χ3v) is 5.74. The van der Waals surface area contributed by atoms with E-state index in [1.807, 2.05) is 13.8 Å². The van der Waals surface area contributed by atoms with Crippen LogP contribution in [0.3, 0.4) is 0 Å². The maximum absolute atomic E-state index is 13.4. The van der Waals surface area contributed by atoms with Crippen LogP contribution in [0.2, 0.25) is 0 Å². The molecule has 0 radical (unpaired) electrons. The maximum atomic E-state index is 13.4. The summed E-state index contributed by atoms with van der Waals surface area (Å²) in [4.78, 5) is 27.8. The Bertz CT molecular complexity index is 669. The lowest BCUT2D eigenvalue weighted by molar-refractivity contribution is -0.149. The van der Waals surface area contributed by atoms with Gasteiger partial charge in [0.15, 0.2) is 0 Å². The van der Waals surface area contributed by atoms with Crippen LogP contribution in [0.15, 0.2) is 18.2 Å². The number of benzene rings is 1. The van der Waals surface area contributed by atoms with Gasteiger partial charge in [0.25, 0.3) is 5.91 Å². The molecule has 156 valence electrons. The molecule has 0 spiro atoms. The molecule has 0 N–H and O–H groups in total. The van der Waals surface area contributed by atoms with E-state index in [9.17, 15) is 9.59 Å². The second-order valence-electron chi connectivity index (χ2n) is 7.77. The Kier molecular flexibility index (Phi) is 8.04. The monoisotopic (exact) mass is 409 g/mol. The molecule has 1 saturated heterocycles. The van der Waals surface area contributed by atoms with Crippen LogP contribution in [0.25, 0.3) is 0 Å². The minimum atomic E-state index is -0.586. The van der Waals surface area contributed by atoms with E-state index in [2.05, 4.69) is 13.8 Å². The number of hydrogen-bond acceptors (Lipinski definition) is 6. The summed E-state index contributed by atoms with van der Waals surface area (Å²) in [5.74, 6) is 1.72. The number of carbonyl (C=O) groups is 2. The highest BCUT2D eigenvalue weighted by Gasteiger charge is 2.43. The molecular formula is C21H31NO5S. The maximum Gasteiger partial charge on any atom is 0.329 e. The molecule has 0 bridgehead atoms. The SMILES string of the molecule is COc1cc(OC)cc(C(=O)N2C(CC(C)C)SCC2C(=O)OCC(C)C)c1. The molecule has 28 heavy (non-hydrogen) atoms. The molecule has 0 aromatic heterocycles. The van der Waals surface area contributed by atoms with Crippen molar-refractivity contribution in [2.24, 2.45) is 11.8 Å². The molecule has 2 unspecified atom stereocenters. The first-order valence-corrected chi connectivity index (χ1v) is 10.7. The zero-order valence-electron chi connectivity index (χ0n) is 17.6. The number of hydrogen-bond donors (Lipinski definition) is 0. The first-order chi connectivity index (χ1) is 13.3. The van der Waals surface area contributed by atoms with E-state index in [4.69, 9.17) is 14.2 Å². The lowest BCUT2D eigenvalue weighted by Crippen LogP contribution is -2.46. The van der Waals surface area contributed by atoms with Gasteiger partial charge in [0.05, 0.1) is 26.2 Å². The normalized spacial score (nSPS) is 19.2. The number of esters is 1. The highest BCUT2D eigenvalue weighted by Crippen LogP contribution is 2.36. The number of nitrogens with zero attached hydrogens (tertiary/aromatic N) is 1. The fourth-order valence-electron chi connectivity index (χ4n) is 3.03. The fourth-order valence-corrected chi connectivity index (χ4v) is 4.65. The largest absolute Gasteiger partial charge is 0.497 e. The van der Waals surface area contributed by atoms with Crippen molar-refractivity contribution in [3.63, 3.8) is 0 Å². The minimum Gasteiger partial charge on any atom is -0.497 e.